The number of carboxylic acids is 1. The van der Waals surface area contributed by atoms with Gasteiger partial charge in [0.05, 0.1) is 24.4 Å². The van der Waals surface area contributed by atoms with Crippen molar-refractivity contribution in [3.8, 4) is 0 Å². The van der Waals surface area contributed by atoms with E-state index < -0.39 is 37.9 Å². The molecule has 0 unspecified atom stereocenters. The van der Waals surface area contributed by atoms with E-state index in [9.17, 15) is 23.1 Å². The highest BCUT2D eigenvalue weighted by atomic mass is 32.2. The molecular weight excluding hydrogens is 312 g/mol. The fraction of sp³-hybridized carbons (Fsp3) is 0.667. The molecule has 0 saturated carbocycles. The van der Waals surface area contributed by atoms with Crippen molar-refractivity contribution in [2.24, 2.45) is 0 Å². The molecule has 1 N–H and O–H groups in total. The zero-order valence-corrected chi connectivity index (χ0v) is 13.2. The third kappa shape index (κ3) is 1.61. The highest BCUT2D eigenvalue weighted by Crippen LogP contribution is 2.46. The van der Waals surface area contributed by atoms with Gasteiger partial charge in [0.2, 0.25) is 5.91 Å². The molecule has 3 atom stereocenters. The van der Waals surface area contributed by atoms with Gasteiger partial charge in [-0.1, -0.05) is 5.21 Å². The summed E-state index contributed by atoms with van der Waals surface area (Å²) in [7, 11) is -3.82. The summed E-state index contributed by atoms with van der Waals surface area (Å²) >= 11 is 0. The summed E-state index contributed by atoms with van der Waals surface area (Å²) in [5.41, 5.74) is 1.31. The molecule has 3 heterocycles. The molecule has 0 spiro atoms. The second kappa shape index (κ2) is 4.28. The number of aromatic nitrogens is 3. The molecule has 2 fully saturated rings. The first-order chi connectivity index (χ1) is 10.1. The quantitative estimate of drug-likeness (QED) is 0.713. The van der Waals surface area contributed by atoms with Crippen molar-refractivity contribution in [3.63, 3.8) is 0 Å². The van der Waals surface area contributed by atoms with Crippen LogP contribution in [0.2, 0.25) is 0 Å². The summed E-state index contributed by atoms with van der Waals surface area (Å²) in [6, 6.07) is -1.41. The molecule has 2 saturated heterocycles. The monoisotopic (exact) mass is 328 g/mol. The maximum absolute atomic E-state index is 12.7. The molecular formula is C12H16N4O5S. The van der Waals surface area contributed by atoms with Gasteiger partial charge >= 0.3 is 5.97 Å². The Bertz CT molecular complexity index is 785. The van der Waals surface area contributed by atoms with E-state index in [1.165, 1.54) is 11.6 Å². The Hall–Kier alpha value is -1.97. The number of β-lactam (4-membered cyclic amide) rings is 1. The number of sulfone groups is 1. The molecule has 2 aliphatic rings. The van der Waals surface area contributed by atoms with Gasteiger partial charge in [0.25, 0.3) is 0 Å². The third-order valence-corrected chi connectivity index (χ3v) is 7.49. The minimum atomic E-state index is -3.82. The summed E-state index contributed by atoms with van der Waals surface area (Å²) in [5.74, 6) is -1.77. The van der Waals surface area contributed by atoms with E-state index in [-0.39, 0.29) is 13.0 Å². The topological polar surface area (TPSA) is 122 Å². The molecule has 0 radical (unpaired) electrons. The minimum absolute atomic E-state index is 0.154. The zero-order chi connectivity index (χ0) is 16.4. The number of carboxylic acid groups (broad SMARTS) is 1. The van der Waals surface area contributed by atoms with Crippen LogP contribution in [0.15, 0.2) is 0 Å². The van der Waals surface area contributed by atoms with Crippen LogP contribution in [0.25, 0.3) is 0 Å². The standard InChI is InChI=1S/C12H16N4O5S/c1-6-7(2)15(14-13-6)5-12(3)10(11(18)19)16-8(17)4-9(16)22(12,20)21/h9-10H,4-5H2,1-3H3,(H,18,19)/t9-,10+,12+/m1/s1. The van der Waals surface area contributed by atoms with Gasteiger partial charge in [-0.25, -0.2) is 17.9 Å². The Morgan fingerprint density at radius 1 is 1.45 bits per heavy atom. The molecule has 22 heavy (non-hydrogen) atoms. The Kier molecular flexibility index (Phi) is 2.91. The van der Waals surface area contributed by atoms with Gasteiger partial charge in [-0.2, -0.15) is 0 Å². The van der Waals surface area contributed by atoms with Crippen LogP contribution >= 0.6 is 0 Å². The second-order valence-corrected chi connectivity index (χ2v) is 8.54. The van der Waals surface area contributed by atoms with E-state index in [0.29, 0.717) is 11.4 Å². The van der Waals surface area contributed by atoms with Gasteiger partial charge in [-0.3, -0.25) is 4.79 Å². The number of rotatable bonds is 3. The van der Waals surface area contributed by atoms with E-state index >= 15 is 0 Å². The van der Waals surface area contributed by atoms with Gasteiger partial charge < -0.3 is 10.0 Å². The third-order valence-electron chi connectivity index (χ3n) is 4.72. The minimum Gasteiger partial charge on any atom is -0.480 e. The number of hydrogen-bond acceptors (Lipinski definition) is 6. The SMILES string of the molecule is Cc1nnn(C[C@@]2(C)[C@H](C(=O)O)N3C(=O)C[C@H]3S2(=O)=O)c1C. The van der Waals surface area contributed by atoms with E-state index in [1.807, 2.05) is 0 Å². The van der Waals surface area contributed by atoms with Crippen molar-refractivity contribution < 1.29 is 23.1 Å². The largest absolute Gasteiger partial charge is 0.480 e. The van der Waals surface area contributed by atoms with Crippen LogP contribution in [-0.4, -0.2) is 61.5 Å². The normalized spacial score (nSPS) is 32.7. The zero-order valence-electron chi connectivity index (χ0n) is 12.3. The van der Waals surface area contributed by atoms with E-state index in [4.69, 9.17) is 0 Å². The Balaban J connectivity index is 2.10. The van der Waals surface area contributed by atoms with Gasteiger partial charge in [-0.05, 0) is 20.8 Å². The maximum atomic E-state index is 12.7. The van der Waals surface area contributed by atoms with Gasteiger partial charge in [-0.15, -0.1) is 5.10 Å². The lowest BCUT2D eigenvalue weighted by molar-refractivity contribution is -0.157. The van der Waals surface area contributed by atoms with E-state index in [0.717, 1.165) is 4.90 Å². The van der Waals surface area contributed by atoms with Gasteiger partial charge in [0, 0.05) is 0 Å². The predicted molar refractivity (Wildman–Crippen MR) is 73.5 cm³/mol. The summed E-state index contributed by atoms with van der Waals surface area (Å²) in [6.45, 7) is 4.67. The van der Waals surface area contributed by atoms with Crippen LogP contribution in [-0.2, 0) is 26.0 Å². The van der Waals surface area contributed by atoms with Crippen molar-refractivity contribution in [3.05, 3.63) is 11.4 Å². The molecule has 0 aromatic carbocycles. The van der Waals surface area contributed by atoms with Crippen LogP contribution in [0, 0.1) is 13.8 Å². The molecule has 3 rings (SSSR count). The average Bonchev–Trinajstić information content (AvgIpc) is 2.78. The Morgan fingerprint density at radius 2 is 2.09 bits per heavy atom. The maximum Gasteiger partial charge on any atom is 0.328 e. The fourth-order valence-corrected chi connectivity index (χ4v) is 5.53. The number of fused-ring (bicyclic) bond motifs is 1. The smallest absolute Gasteiger partial charge is 0.328 e. The van der Waals surface area contributed by atoms with Crippen molar-refractivity contribution >= 4 is 21.7 Å². The van der Waals surface area contributed by atoms with Crippen molar-refractivity contribution in [2.45, 2.75) is 49.9 Å². The highest BCUT2D eigenvalue weighted by molar-refractivity contribution is 7.93. The van der Waals surface area contributed by atoms with Crippen LogP contribution in [0.1, 0.15) is 24.7 Å². The fourth-order valence-electron chi connectivity index (χ4n) is 3.18. The van der Waals surface area contributed by atoms with Crippen LogP contribution in [0.5, 0.6) is 0 Å². The van der Waals surface area contributed by atoms with Crippen molar-refractivity contribution in [1.82, 2.24) is 19.9 Å². The number of carbonyl (C=O) groups excluding carboxylic acids is 1. The summed E-state index contributed by atoms with van der Waals surface area (Å²) in [6.07, 6.45) is -0.156. The molecule has 1 amide bonds. The molecule has 9 nitrogen and oxygen atoms in total. The van der Waals surface area contributed by atoms with E-state index in [2.05, 4.69) is 10.3 Å². The van der Waals surface area contributed by atoms with E-state index in [1.54, 1.807) is 13.8 Å². The molecule has 2 aliphatic heterocycles. The molecule has 10 heteroatoms. The predicted octanol–water partition coefficient (Wildman–Crippen LogP) is -0.906. The number of nitrogens with zero attached hydrogens (tertiary/aromatic N) is 4. The van der Waals surface area contributed by atoms with Crippen LogP contribution in [0.3, 0.4) is 0 Å². The first-order valence-electron chi connectivity index (χ1n) is 6.75. The second-order valence-electron chi connectivity index (χ2n) is 5.98. The van der Waals surface area contributed by atoms with Crippen molar-refractivity contribution in [1.29, 1.82) is 0 Å². The first-order valence-corrected chi connectivity index (χ1v) is 8.30. The van der Waals surface area contributed by atoms with Gasteiger partial charge in [0.1, 0.15) is 10.1 Å². The number of hydrogen-bond donors (Lipinski definition) is 1. The number of aliphatic carboxylic acids is 1. The lowest BCUT2D eigenvalue weighted by Crippen LogP contribution is -2.58. The Labute approximate surface area is 126 Å². The first kappa shape index (κ1) is 14.9. The molecule has 120 valence electrons. The summed E-state index contributed by atoms with van der Waals surface area (Å²) in [4.78, 5) is 24.3. The number of aryl methyl sites for hydroxylation is 1. The van der Waals surface area contributed by atoms with Gasteiger partial charge in [0.15, 0.2) is 15.9 Å². The number of carbonyl (C=O) groups is 2. The average molecular weight is 328 g/mol. The highest BCUT2D eigenvalue weighted by Gasteiger charge is 2.70. The molecule has 1 aromatic heterocycles. The molecule has 0 bridgehead atoms. The number of amides is 1. The Morgan fingerprint density at radius 3 is 2.55 bits per heavy atom. The molecule has 1 aromatic rings. The van der Waals surface area contributed by atoms with Crippen molar-refractivity contribution in [2.75, 3.05) is 0 Å². The molecule has 0 aliphatic carbocycles. The lowest BCUT2D eigenvalue weighted by atomic mass is 9.96. The summed E-state index contributed by atoms with van der Waals surface area (Å²) in [5, 5.41) is 16.2. The lowest BCUT2D eigenvalue weighted by Gasteiger charge is -2.35. The van der Waals surface area contributed by atoms with Crippen LogP contribution < -0.4 is 0 Å². The van der Waals surface area contributed by atoms with Crippen LogP contribution in [0.4, 0.5) is 0 Å². The summed E-state index contributed by atoms with van der Waals surface area (Å²) < 4.78 is 25.2.